The SMILES string of the molecule is C/C=C\C1=C(C)CNC(C(=O)C(C)C)C1.CC.CC. The van der Waals surface area contributed by atoms with Crippen molar-refractivity contribution < 1.29 is 4.79 Å². The Morgan fingerprint density at radius 2 is 1.79 bits per heavy atom. The van der Waals surface area contributed by atoms with Crippen molar-refractivity contribution in [2.24, 2.45) is 5.92 Å². The molecule has 2 heteroatoms. The van der Waals surface area contributed by atoms with Gasteiger partial charge in [0.25, 0.3) is 0 Å². The molecule has 0 bridgehead atoms. The van der Waals surface area contributed by atoms with Gasteiger partial charge in [0.2, 0.25) is 0 Å². The summed E-state index contributed by atoms with van der Waals surface area (Å²) < 4.78 is 0. The van der Waals surface area contributed by atoms with E-state index in [0.29, 0.717) is 5.78 Å². The van der Waals surface area contributed by atoms with Crippen LogP contribution in [0, 0.1) is 5.92 Å². The van der Waals surface area contributed by atoms with Crippen molar-refractivity contribution in [3.05, 3.63) is 23.3 Å². The van der Waals surface area contributed by atoms with Gasteiger partial charge in [-0.05, 0) is 25.8 Å². The van der Waals surface area contributed by atoms with Crippen LogP contribution in [-0.4, -0.2) is 18.4 Å². The highest BCUT2D eigenvalue weighted by atomic mass is 16.1. The summed E-state index contributed by atoms with van der Waals surface area (Å²) in [5, 5.41) is 3.30. The Morgan fingerprint density at radius 3 is 2.21 bits per heavy atom. The minimum Gasteiger partial charge on any atom is -0.303 e. The summed E-state index contributed by atoms with van der Waals surface area (Å²) in [6.07, 6.45) is 5.00. The Labute approximate surface area is 120 Å². The average molecular weight is 267 g/mol. The third-order valence-electron chi connectivity index (χ3n) is 2.87. The second-order valence-corrected chi connectivity index (χ2v) is 4.50. The monoisotopic (exact) mass is 267 g/mol. The van der Waals surface area contributed by atoms with Gasteiger partial charge < -0.3 is 5.32 Å². The molecule has 0 spiro atoms. The van der Waals surface area contributed by atoms with Crippen molar-refractivity contribution in [1.29, 1.82) is 0 Å². The van der Waals surface area contributed by atoms with Crippen LogP contribution in [0.1, 0.15) is 61.8 Å². The highest BCUT2D eigenvalue weighted by molar-refractivity contribution is 5.86. The molecule has 1 unspecified atom stereocenters. The molecule has 112 valence electrons. The fourth-order valence-corrected chi connectivity index (χ4v) is 1.87. The number of ketones is 1. The van der Waals surface area contributed by atoms with E-state index < -0.39 is 0 Å². The second-order valence-electron chi connectivity index (χ2n) is 4.50. The number of rotatable bonds is 3. The molecule has 19 heavy (non-hydrogen) atoms. The van der Waals surface area contributed by atoms with Crippen molar-refractivity contribution in [3.63, 3.8) is 0 Å². The van der Waals surface area contributed by atoms with Gasteiger partial charge in [-0.1, -0.05) is 59.3 Å². The minimum atomic E-state index is 0.0138. The van der Waals surface area contributed by atoms with Crippen LogP contribution in [0.3, 0.4) is 0 Å². The van der Waals surface area contributed by atoms with Crippen LogP contribution in [0.2, 0.25) is 0 Å². The lowest BCUT2D eigenvalue weighted by Gasteiger charge is -2.26. The molecule has 1 aliphatic rings. The zero-order chi connectivity index (χ0) is 15.4. The minimum absolute atomic E-state index is 0.0138. The van der Waals surface area contributed by atoms with Crippen LogP contribution < -0.4 is 5.32 Å². The summed E-state index contributed by atoms with van der Waals surface area (Å²) >= 11 is 0. The zero-order valence-corrected chi connectivity index (χ0v) is 14.1. The Morgan fingerprint density at radius 1 is 1.26 bits per heavy atom. The fourth-order valence-electron chi connectivity index (χ4n) is 1.87. The third kappa shape index (κ3) is 7.31. The van der Waals surface area contributed by atoms with Gasteiger partial charge in [0, 0.05) is 12.5 Å². The number of hydrogen-bond donors (Lipinski definition) is 1. The van der Waals surface area contributed by atoms with E-state index in [2.05, 4.69) is 18.3 Å². The molecule has 1 aliphatic heterocycles. The van der Waals surface area contributed by atoms with Gasteiger partial charge in [0.05, 0.1) is 6.04 Å². The second kappa shape index (κ2) is 12.2. The summed E-state index contributed by atoms with van der Waals surface area (Å²) in [7, 11) is 0. The molecule has 1 atom stereocenters. The van der Waals surface area contributed by atoms with Crippen LogP contribution in [0.4, 0.5) is 0 Å². The first-order valence-corrected chi connectivity index (χ1v) is 7.64. The van der Waals surface area contributed by atoms with Gasteiger partial charge >= 0.3 is 0 Å². The standard InChI is InChI=1S/C13H21NO.2C2H6/c1-5-6-11-7-12(13(15)9(2)3)14-8-10(11)4;2*1-2/h5-6,9,12,14H,7-8H2,1-4H3;2*1-2H3/b6-5-;;. The molecule has 0 fully saturated rings. The molecule has 0 saturated heterocycles. The predicted molar refractivity (Wildman–Crippen MR) is 86.5 cm³/mol. The van der Waals surface area contributed by atoms with Crippen molar-refractivity contribution in [3.8, 4) is 0 Å². The maximum atomic E-state index is 11.8. The number of allylic oxidation sites excluding steroid dienone is 2. The molecule has 1 N–H and O–H groups in total. The third-order valence-corrected chi connectivity index (χ3v) is 2.87. The first-order chi connectivity index (χ1) is 9.06. The summed E-state index contributed by atoms with van der Waals surface area (Å²) in [5.74, 6) is 0.442. The average Bonchev–Trinajstić information content (AvgIpc) is 2.45. The molecule has 2 nitrogen and oxygen atoms in total. The first-order valence-electron chi connectivity index (χ1n) is 7.64. The van der Waals surface area contributed by atoms with E-state index in [4.69, 9.17) is 0 Å². The Bertz CT molecular complexity index is 300. The molecule has 1 heterocycles. The van der Waals surface area contributed by atoms with Gasteiger partial charge in [0.1, 0.15) is 0 Å². The number of Topliss-reactive ketones (excluding diaryl/α,β-unsaturated/α-hetero) is 1. The van der Waals surface area contributed by atoms with Crippen molar-refractivity contribution in [2.45, 2.75) is 67.9 Å². The topological polar surface area (TPSA) is 29.1 Å². The highest BCUT2D eigenvalue weighted by Gasteiger charge is 2.24. The molecule has 1 rings (SSSR count). The summed E-state index contributed by atoms with van der Waals surface area (Å²) in [4.78, 5) is 11.8. The molecule has 0 amide bonds. The van der Waals surface area contributed by atoms with Crippen molar-refractivity contribution in [1.82, 2.24) is 5.32 Å². The molecule has 0 aromatic heterocycles. The smallest absolute Gasteiger partial charge is 0.152 e. The van der Waals surface area contributed by atoms with E-state index in [0.717, 1.165) is 13.0 Å². The van der Waals surface area contributed by atoms with Gasteiger partial charge in [-0.2, -0.15) is 0 Å². The van der Waals surface area contributed by atoms with Crippen LogP contribution >= 0.6 is 0 Å². The maximum Gasteiger partial charge on any atom is 0.152 e. The fraction of sp³-hybridized carbons (Fsp3) is 0.706. The number of hydrogen-bond acceptors (Lipinski definition) is 2. The van der Waals surface area contributed by atoms with E-state index in [9.17, 15) is 4.79 Å². The normalized spacial score (nSPS) is 18.7. The van der Waals surface area contributed by atoms with Gasteiger partial charge in [-0.25, -0.2) is 0 Å². The van der Waals surface area contributed by atoms with E-state index in [1.165, 1.54) is 11.1 Å². The summed E-state index contributed by atoms with van der Waals surface area (Å²) in [6.45, 7) is 16.9. The van der Waals surface area contributed by atoms with Crippen LogP contribution in [-0.2, 0) is 4.79 Å². The van der Waals surface area contributed by atoms with Crippen molar-refractivity contribution in [2.75, 3.05) is 6.54 Å². The molecule has 0 saturated carbocycles. The van der Waals surface area contributed by atoms with Crippen LogP contribution in [0.15, 0.2) is 23.3 Å². The van der Waals surface area contributed by atoms with E-state index >= 15 is 0 Å². The van der Waals surface area contributed by atoms with E-state index in [1.807, 2.05) is 54.5 Å². The summed E-state index contributed by atoms with van der Waals surface area (Å²) in [6, 6.07) is 0.0138. The number of nitrogens with one attached hydrogen (secondary N) is 1. The Balaban J connectivity index is 0. The Hall–Kier alpha value is -0.890. The van der Waals surface area contributed by atoms with E-state index in [-0.39, 0.29) is 12.0 Å². The van der Waals surface area contributed by atoms with Gasteiger partial charge in [0.15, 0.2) is 5.78 Å². The zero-order valence-electron chi connectivity index (χ0n) is 14.1. The molecular formula is C17H33NO. The maximum absolute atomic E-state index is 11.8. The lowest BCUT2D eigenvalue weighted by molar-refractivity contribution is -0.124. The molecule has 0 aromatic carbocycles. The van der Waals surface area contributed by atoms with Crippen LogP contribution in [0.25, 0.3) is 0 Å². The first kappa shape index (κ1) is 20.4. The lowest BCUT2D eigenvalue weighted by Crippen LogP contribution is -2.43. The summed E-state index contributed by atoms with van der Waals surface area (Å²) in [5.41, 5.74) is 2.66. The molecule has 0 aromatic rings. The highest BCUT2D eigenvalue weighted by Crippen LogP contribution is 2.19. The molecule has 0 aliphatic carbocycles. The largest absolute Gasteiger partial charge is 0.303 e. The van der Waals surface area contributed by atoms with Gasteiger partial charge in [-0.3, -0.25) is 4.79 Å². The molecule has 0 radical (unpaired) electrons. The quantitative estimate of drug-likeness (QED) is 0.814. The number of carbonyl (C=O) groups is 1. The van der Waals surface area contributed by atoms with Gasteiger partial charge in [-0.15, -0.1) is 0 Å². The Kier molecular flexibility index (Phi) is 13.1. The molecular weight excluding hydrogens is 234 g/mol. The van der Waals surface area contributed by atoms with Crippen LogP contribution in [0.5, 0.6) is 0 Å². The van der Waals surface area contributed by atoms with Crippen molar-refractivity contribution >= 4 is 5.78 Å². The lowest BCUT2D eigenvalue weighted by atomic mass is 9.90. The van der Waals surface area contributed by atoms with E-state index in [1.54, 1.807) is 0 Å². The number of carbonyl (C=O) groups excluding carboxylic acids is 1. The predicted octanol–water partition coefficient (Wildman–Crippen LogP) is 4.52.